The van der Waals surface area contributed by atoms with E-state index in [1.54, 1.807) is 0 Å². The van der Waals surface area contributed by atoms with Crippen molar-refractivity contribution in [3.63, 3.8) is 0 Å². The summed E-state index contributed by atoms with van der Waals surface area (Å²) in [6.07, 6.45) is 2.95. The Morgan fingerprint density at radius 3 is 2.76 bits per heavy atom. The van der Waals surface area contributed by atoms with Gasteiger partial charge in [-0.25, -0.2) is 0 Å². The minimum absolute atomic E-state index is 0.0606. The molecule has 0 aromatic carbocycles. The van der Waals surface area contributed by atoms with Gasteiger partial charge in [0.15, 0.2) is 0 Å². The van der Waals surface area contributed by atoms with Crippen LogP contribution < -0.4 is 5.56 Å². The van der Waals surface area contributed by atoms with Crippen molar-refractivity contribution in [1.82, 2.24) is 4.57 Å². The highest BCUT2D eigenvalue weighted by molar-refractivity contribution is 6.17. The first-order valence-electron chi connectivity index (χ1n) is 5.45. The molecule has 1 rings (SSSR count). The maximum Gasteiger partial charge on any atom is 0.285 e. The fraction of sp³-hybridized carbons (Fsp3) is 0.545. The molecule has 0 spiro atoms. The normalized spacial score (nSPS) is 12.4. The van der Waals surface area contributed by atoms with Crippen molar-refractivity contribution < 1.29 is 4.92 Å². The van der Waals surface area contributed by atoms with Crippen molar-refractivity contribution in [1.29, 1.82) is 0 Å². The van der Waals surface area contributed by atoms with Gasteiger partial charge in [-0.3, -0.25) is 14.9 Å². The van der Waals surface area contributed by atoms with Gasteiger partial charge < -0.3 is 4.57 Å². The number of hydrogen-bond acceptors (Lipinski definition) is 3. The summed E-state index contributed by atoms with van der Waals surface area (Å²) in [6.45, 7) is 2.53. The Kier molecular flexibility index (Phi) is 5.15. The summed E-state index contributed by atoms with van der Waals surface area (Å²) in [7, 11) is 0. The Morgan fingerprint density at radius 2 is 2.18 bits per heavy atom. The topological polar surface area (TPSA) is 65.1 Å². The van der Waals surface area contributed by atoms with Gasteiger partial charge >= 0.3 is 0 Å². The highest BCUT2D eigenvalue weighted by Gasteiger charge is 2.08. The molecule has 6 heteroatoms. The van der Waals surface area contributed by atoms with E-state index in [9.17, 15) is 14.9 Å². The molecule has 0 N–H and O–H groups in total. The van der Waals surface area contributed by atoms with Crippen LogP contribution in [-0.2, 0) is 6.54 Å². The van der Waals surface area contributed by atoms with Gasteiger partial charge in [-0.1, -0.05) is 6.92 Å². The lowest BCUT2D eigenvalue weighted by molar-refractivity contribution is -0.385. The molecule has 17 heavy (non-hydrogen) atoms. The molecule has 0 radical (unpaired) electrons. The fourth-order valence-corrected chi connectivity index (χ4v) is 1.86. The number of nitro groups is 1. The molecule has 1 unspecified atom stereocenters. The van der Waals surface area contributed by atoms with Gasteiger partial charge in [-0.05, 0) is 18.8 Å². The van der Waals surface area contributed by atoms with Gasteiger partial charge in [0, 0.05) is 24.6 Å². The van der Waals surface area contributed by atoms with E-state index in [-0.39, 0.29) is 11.2 Å². The number of pyridine rings is 1. The highest BCUT2D eigenvalue weighted by Crippen LogP contribution is 2.11. The Hall–Kier alpha value is -1.36. The summed E-state index contributed by atoms with van der Waals surface area (Å²) in [5, 5.41) is 10.6. The molecule has 1 heterocycles. The Labute approximate surface area is 104 Å². The maximum atomic E-state index is 11.5. The van der Waals surface area contributed by atoms with E-state index in [1.165, 1.54) is 22.9 Å². The molecule has 0 saturated heterocycles. The molecule has 0 aliphatic heterocycles. The van der Waals surface area contributed by atoms with Gasteiger partial charge in [-0.15, -0.1) is 11.6 Å². The molecule has 0 aliphatic rings. The van der Waals surface area contributed by atoms with Crippen LogP contribution in [0.1, 0.15) is 19.8 Å². The Balaban J connectivity index is 2.73. The third kappa shape index (κ3) is 4.19. The van der Waals surface area contributed by atoms with Gasteiger partial charge in [-0.2, -0.15) is 0 Å². The molecular weight excluding hydrogens is 244 g/mol. The molecule has 0 fully saturated rings. The smallest absolute Gasteiger partial charge is 0.285 e. The third-order valence-electron chi connectivity index (χ3n) is 2.64. The van der Waals surface area contributed by atoms with E-state index >= 15 is 0 Å². The van der Waals surface area contributed by atoms with Gasteiger partial charge in [0.2, 0.25) is 0 Å². The fourth-order valence-electron chi connectivity index (χ4n) is 1.49. The van der Waals surface area contributed by atoms with Crippen molar-refractivity contribution in [2.24, 2.45) is 5.92 Å². The predicted octanol–water partition coefficient (Wildman–Crippen LogP) is 2.41. The van der Waals surface area contributed by atoms with E-state index in [2.05, 4.69) is 0 Å². The summed E-state index contributed by atoms with van der Waals surface area (Å²) in [5.41, 5.74) is -0.275. The van der Waals surface area contributed by atoms with Crippen molar-refractivity contribution >= 4 is 17.3 Å². The zero-order valence-corrected chi connectivity index (χ0v) is 10.4. The van der Waals surface area contributed by atoms with E-state index in [1.807, 2.05) is 6.92 Å². The van der Waals surface area contributed by atoms with E-state index in [0.29, 0.717) is 18.3 Å². The van der Waals surface area contributed by atoms with Crippen molar-refractivity contribution in [2.75, 3.05) is 5.88 Å². The van der Waals surface area contributed by atoms with Crippen LogP contribution in [0.15, 0.2) is 23.1 Å². The van der Waals surface area contributed by atoms with Crippen LogP contribution >= 0.6 is 11.6 Å². The van der Waals surface area contributed by atoms with E-state index in [4.69, 9.17) is 11.6 Å². The number of aryl methyl sites for hydroxylation is 1. The number of alkyl halides is 1. The van der Waals surface area contributed by atoms with Crippen molar-refractivity contribution in [3.05, 3.63) is 38.8 Å². The van der Waals surface area contributed by atoms with Crippen LogP contribution in [0.3, 0.4) is 0 Å². The second kappa shape index (κ2) is 6.39. The minimum Gasteiger partial charge on any atom is -0.309 e. The first-order valence-corrected chi connectivity index (χ1v) is 5.99. The predicted molar refractivity (Wildman–Crippen MR) is 66.5 cm³/mol. The second-order valence-electron chi connectivity index (χ2n) is 4.05. The molecule has 0 saturated carbocycles. The van der Waals surface area contributed by atoms with Gasteiger partial charge in [0.1, 0.15) is 0 Å². The highest BCUT2D eigenvalue weighted by atomic mass is 35.5. The zero-order chi connectivity index (χ0) is 12.8. The van der Waals surface area contributed by atoms with Crippen LogP contribution in [0.4, 0.5) is 5.69 Å². The summed E-state index contributed by atoms with van der Waals surface area (Å²) in [4.78, 5) is 21.6. The number of rotatable bonds is 6. The molecule has 0 aliphatic carbocycles. The van der Waals surface area contributed by atoms with Crippen LogP contribution in [-0.4, -0.2) is 15.4 Å². The Morgan fingerprint density at radius 1 is 1.47 bits per heavy atom. The van der Waals surface area contributed by atoms with Crippen molar-refractivity contribution in [2.45, 2.75) is 26.3 Å². The lowest BCUT2D eigenvalue weighted by Crippen LogP contribution is -2.20. The molecule has 1 aromatic heterocycles. The number of nitrogens with zero attached hydrogens (tertiary/aromatic N) is 2. The number of aromatic nitrogens is 1. The van der Waals surface area contributed by atoms with Gasteiger partial charge in [0.25, 0.3) is 11.2 Å². The monoisotopic (exact) mass is 258 g/mol. The molecular formula is C11H15ClN2O3. The second-order valence-corrected chi connectivity index (χ2v) is 4.43. The zero-order valence-electron chi connectivity index (χ0n) is 9.63. The Bertz CT molecular complexity index is 445. The summed E-state index contributed by atoms with van der Waals surface area (Å²) >= 11 is 5.62. The van der Waals surface area contributed by atoms with Gasteiger partial charge in [0.05, 0.1) is 11.1 Å². The minimum atomic E-state index is -0.502. The van der Waals surface area contributed by atoms with Crippen molar-refractivity contribution in [3.8, 4) is 0 Å². The lowest BCUT2D eigenvalue weighted by Gasteiger charge is -2.10. The maximum absolute atomic E-state index is 11.5. The molecule has 5 nitrogen and oxygen atoms in total. The van der Waals surface area contributed by atoms with Crippen LogP contribution in [0.5, 0.6) is 0 Å². The van der Waals surface area contributed by atoms with E-state index in [0.717, 1.165) is 12.8 Å². The quantitative estimate of drug-likeness (QED) is 0.447. The summed E-state index contributed by atoms with van der Waals surface area (Å²) in [6, 6.07) is 2.45. The number of halogens is 1. The van der Waals surface area contributed by atoms with Crippen LogP contribution in [0, 0.1) is 16.0 Å². The standard InChI is InChI=1S/C11H15ClN2O3/c1-9(4-6-12)5-7-13-8-10(14(16)17)2-3-11(13)15/h2-3,8-9H,4-7H2,1H3. The molecule has 1 atom stereocenters. The average molecular weight is 259 g/mol. The number of hydrogen-bond donors (Lipinski definition) is 0. The SMILES string of the molecule is CC(CCCl)CCn1cc([N+](=O)[O-])ccc1=O. The summed E-state index contributed by atoms with van der Waals surface area (Å²) < 4.78 is 1.38. The molecule has 0 amide bonds. The van der Waals surface area contributed by atoms with Crippen LogP contribution in [0.25, 0.3) is 0 Å². The first kappa shape index (κ1) is 13.7. The largest absolute Gasteiger partial charge is 0.309 e. The third-order valence-corrected chi connectivity index (χ3v) is 2.86. The molecule has 94 valence electrons. The summed E-state index contributed by atoms with van der Waals surface area (Å²) in [5.74, 6) is 0.990. The molecule has 1 aromatic rings. The lowest BCUT2D eigenvalue weighted by atomic mass is 10.1. The molecule has 0 bridgehead atoms. The van der Waals surface area contributed by atoms with E-state index < -0.39 is 4.92 Å². The average Bonchev–Trinajstić information content (AvgIpc) is 2.28. The van der Waals surface area contributed by atoms with Crippen LogP contribution in [0.2, 0.25) is 0 Å². The first-order chi connectivity index (χ1) is 8.04.